The van der Waals surface area contributed by atoms with E-state index in [0.717, 1.165) is 22.4 Å². The smallest absolute Gasteiger partial charge is 0.299 e. The summed E-state index contributed by atoms with van der Waals surface area (Å²) in [6.45, 7) is 8.70. The summed E-state index contributed by atoms with van der Waals surface area (Å²) in [6, 6.07) is 3.82. The second kappa shape index (κ2) is 4.97. The third-order valence-corrected chi connectivity index (χ3v) is 3.33. The predicted octanol–water partition coefficient (Wildman–Crippen LogP) is 1.61. The van der Waals surface area contributed by atoms with E-state index in [4.69, 9.17) is 0 Å². The fraction of sp³-hybridized carbons (Fsp3) is 0.333. The third kappa shape index (κ3) is 2.19. The molecule has 0 fully saturated rings. The Morgan fingerprint density at radius 2 is 1.89 bits per heavy atom. The molecular weight excluding hydrogens is 240 g/mol. The molecule has 1 amide bonds. The molecule has 1 aromatic carbocycles. The first-order chi connectivity index (χ1) is 8.97. The van der Waals surface area contributed by atoms with Gasteiger partial charge in [-0.05, 0) is 37.6 Å². The SMILES string of the molecule is C=C(CNC)CN1C(=O)C(=O)c2c(C)ccc(C)c21. The van der Waals surface area contributed by atoms with Crippen LogP contribution in [0.5, 0.6) is 0 Å². The van der Waals surface area contributed by atoms with Crippen molar-refractivity contribution in [3.8, 4) is 0 Å². The van der Waals surface area contributed by atoms with Crippen molar-refractivity contribution < 1.29 is 9.59 Å². The molecule has 0 saturated heterocycles. The summed E-state index contributed by atoms with van der Waals surface area (Å²) in [5.74, 6) is -0.863. The summed E-state index contributed by atoms with van der Waals surface area (Å²) in [5, 5.41) is 3.00. The molecule has 0 bridgehead atoms. The van der Waals surface area contributed by atoms with Gasteiger partial charge in [-0.3, -0.25) is 9.59 Å². The van der Waals surface area contributed by atoms with Gasteiger partial charge < -0.3 is 10.2 Å². The summed E-state index contributed by atoms with van der Waals surface area (Å²) in [6.07, 6.45) is 0. The molecule has 0 aromatic heterocycles. The maximum absolute atomic E-state index is 12.1. The molecule has 4 nitrogen and oxygen atoms in total. The maximum atomic E-state index is 12.1. The first-order valence-corrected chi connectivity index (χ1v) is 6.25. The Hall–Kier alpha value is -1.94. The molecule has 1 aliphatic heterocycles. The number of likely N-dealkylation sites (N-methyl/N-ethyl adjacent to an activating group) is 1. The fourth-order valence-electron chi connectivity index (χ4n) is 2.44. The van der Waals surface area contributed by atoms with Crippen LogP contribution in [-0.4, -0.2) is 31.8 Å². The summed E-state index contributed by atoms with van der Waals surface area (Å²) in [7, 11) is 1.82. The minimum Gasteiger partial charge on any atom is -0.316 e. The van der Waals surface area contributed by atoms with Gasteiger partial charge in [-0.1, -0.05) is 18.7 Å². The van der Waals surface area contributed by atoms with E-state index in [-0.39, 0.29) is 0 Å². The number of amides is 1. The van der Waals surface area contributed by atoms with Crippen molar-refractivity contribution in [3.05, 3.63) is 41.0 Å². The molecule has 0 spiro atoms. The third-order valence-electron chi connectivity index (χ3n) is 3.33. The second-order valence-corrected chi connectivity index (χ2v) is 4.92. The minimum atomic E-state index is -0.454. The molecule has 1 N–H and O–H groups in total. The molecule has 19 heavy (non-hydrogen) atoms. The van der Waals surface area contributed by atoms with E-state index in [9.17, 15) is 9.59 Å². The molecule has 1 aromatic rings. The topological polar surface area (TPSA) is 49.4 Å². The zero-order valence-electron chi connectivity index (χ0n) is 11.5. The molecule has 0 saturated carbocycles. The van der Waals surface area contributed by atoms with Crippen LogP contribution in [0.25, 0.3) is 0 Å². The van der Waals surface area contributed by atoms with Crippen molar-refractivity contribution in [2.75, 3.05) is 25.0 Å². The lowest BCUT2D eigenvalue weighted by molar-refractivity contribution is -0.114. The quantitative estimate of drug-likeness (QED) is 0.659. The van der Waals surface area contributed by atoms with E-state index in [1.807, 2.05) is 33.0 Å². The Bertz CT molecular complexity index is 576. The highest BCUT2D eigenvalue weighted by molar-refractivity contribution is 6.52. The van der Waals surface area contributed by atoms with Gasteiger partial charge in [0.2, 0.25) is 0 Å². The molecule has 1 aliphatic rings. The fourth-order valence-corrected chi connectivity index (χ4v) is 2.44. The Balaban J connectivity index is 2.44. The predicted molar refractivity (Wildman–Crippen MR) is 75.7 cm³/mol. The van der Waals surface area contributed by atoms with Gasteiger partial charge in [0.15, 0.2) is 0 Å². The number of nitrogens with zero attached hydrogens (tertiary/aromatic N) is 1. The average Bonchev–Trinajstić information content (AvgIpc) is 2.60. The summed E-state index contributed by atoms with van der Waals surface area (Å²) in [4.78, 5) is 25.7. The molecule has 0 radical (unpaired) electrons. The number of benzene rings is 1. The number of nitrogens with one attached hydrogen (secondary N) is 1. The Morgan fingerprint density at radius 1 is 1.26 bits per heavy atom. The van der Waals surface area contributed by atoms with Crippen LogP contribution in [0.4, 0.5) is 5.69 Å². The van der Waals surface area contributed by atoms with E-state index < -0.39 is 11.7 Å². The second-order valence-electron chi connectivity index (χ2n) is 4.92. The van der Waals surface area contributed by atoms with Gasteiger partial charge in [0.05, 0.1) is 11.3 Å². The highest BCUT2D eigenvalue weighted by atomic mass is 16.2. The monoisotopic (exact) mass is 258 g/mol. The van der Waals surface area contributed by atoms with Gasteiger partial charge in [-0.15, -0.1) is 0 Å². The molecule has 1 heterocycles. The average molecular weight is 258 g/mol. The van der Waals surface area contributed by atoms with Crippen LogP contribution in [0.1, 0.15) is 21.5 Å². The van der Waals surface area contributed by atoms with Crippen LogP contribution in [0.2, 0.25) is 0 Å². The van der Waals surface area contributed by atoms with Gasteiger partial charge in [0.25, 0.3) is 11.7 Å². The number of hydrogen-bond donors (Lipinski definition) is 1. The maximum Gasteiger partial charge on any atom is 0.299 e. The molecule has 2 rings (SSSR count). The first-order valence-electron chi connectivity index (χ1n) is 6.25. The summed E-state index contributed by atoms with van der Waals surface area (Å²) in [5.41, 5.74) is 3.95. The molecule has 100 valence electrons. The van der Waals surface area contributed by atoms with Gasteiger partial charge >= 0.3 is 0 Å². The first kappa shape index (κ1) is 13.5. The van der Waals surface area contributed by atoms with Crippen molar-refractivity contribution >= 4 is 17.4 Å². The number of rotatable bonds is 4. The standard InChI is InChI=1S/C15H18N2O2/c1-9(7-16-4)8-17-13-11(3)6-5-10(2)12(13)14(18)15(17)19/h5-6,16H,1,7-8H2,2-4H3. The minimum absolute atomic E-state index is 0.378. The molecule has 0 aliphatic carbocycles. The van der Waals surface area contributed by atoms with Crippen LogP contribution in [-0.2, 0) is 4.79 Å². The van der Waals surface area contributed by atoms with Crippen LogP contribution in [0.15, 0.2) is 24.3 Å². The number of carbonyl (C=O) groups is 2. The van der Waals surface area contributed by atoms with Gasteiger partial charge in [-0.25, -0.2) is 0 Å². The van der Waals surface area contributed by atoms with Gasteiger partial charge in [-0.2, -0.15) is 0 Å². The van der Waals surface area contributed by atoms with E-state index in [2.05, 4.69) is 11.9 Å². The number of anilines is 1. The number of ketones is 1. The lowest BCUT2D eigenvalue weighted by atomic mass is 10.0. The molecule has 4 heteroatoms. The number of fused-ring (bicyclic) bond motifs is 1. The summed E-state index contributed by atoms with van der Waals surface area (Å²) < 4.78 is 0. The van der Waals surface area contributed by atoms with Crippen LogP contribution in [0.3, 0.4) is 0 Å². The van der Waals surface area contributed by atoms with E-state index in [0.29, 0.717) is 18.7 Å². The Kier molecular flexibility index (Phi) is 3.53. The number of carbonyl (C=O) groups excluding carboxylic acids is 2. The molecular formula is C15H18N2O2. The highest BCUT2D eigenvalue weighted by Crippen LogP contribution is 2.34. The lowest BCUT2D eigenvalue weighted by Crippen LogP contribution is -2.33. The van der Waals surface area contributed by atoms with Crippen molar-refractivity contribution in [2.45, 2.75) is 13.8 Å². The van der Waals surface area contributed by atoms with Gasteiger partial charge in [0.1, 0.15) is 0 Å². The van der Waals surface area contributed by atoms with E-state index >= 15 is 0 Å². The van der Waals surface area contributed by atoms with Gasteiger partial charge in [0, 0.05) is 13.1 Å². The Morgan fingerprint density at radius 3 is 2.53 bits per heavy atom. The van der Waals surface area contributed by atoms with Crippen molar-refractivity contribution in [2.24, 2.45) is 0 Å². The van der Waals surface area contributed by atoms with Crippen LogP contribution in [0, 0.1) is 13.8 Å². The summed E-state index contributed by atoms with van der Waals surface area (Å²) >= 11 is 0. The van der Waals surface area contributed by atoms with Crippen molar-refractivity contribution in [3.63, 3.8) is 0 Å². The zero-order valence-corrected chi connectivity index (χ0v) is 11.5. The number of hydrogen-bond acceptors (Lipinski definition) is 3. The normalized spacial score (nSPS) is 13.9. The number of Topliss-reactive ketones (excluding diaryl/α,β-unsaturated/α-hetero) is 1. The van der Waals surface area contributed by atoms with E-state index in [1.54, 1.807) is 4.90 Å². The van der Waals surface area contributed by atoms with Crippen LogP contribution >= 0.6 is 0 Å². The molecule has 0 unspecified atom stereocenters. The lowest BCUT2D eigenvalue weighted by Gasteiger charge is -2.20. The van der Waals surface area contributed by atoms with Crippen molar-refractivity contribution in [1.29, 1.82) is 0 Å². The van der Waals surface area contributed by atoms with Crippen LogP contribution < -0.4 is 10.2 Å². The molecule has 0 atom stereocenters. The zero-order chi connectivity index (χ0) is 14.2. The number of aryl methyl sites for hydroxylation is 2. The Labute approximate surface area is 113 Å². The van der Waals surface area contributed by atoms with E-state index in [1.165, 1.54) is 0 Å². The van der Waals surface area contributed by atoms with Crippen molar-refractivity contribution in [1.82, 2.24) is 5.32 Å². The highest BCUT2D eigenvalue weighted by Gasteiger charge is 2.38. The largest absolute Gasteiger partial charge is 0.316 e.